The molecule has 4 aromatic carbocycles. The van der Waals surface area contributed by atoms with E-state index in [1.807, 2.05) is 60.7 Å². The molecule has 6 aromatic rings. The number of benzene rings is 4. The van der Waals surface area contributed by atoms with Crippen molar-refractivity contribution in [2.75, 3.05) is 0 Å². The Labute approximate surface area is 191 Å². The second-order valence-corrected chi connectivity index (χ2v) is 8.92. The van der Waals surface area contributed by atoms with Crippen molar-refractivity contribution in [2.45, 2.75) is 6.18 Å². The van der Waals surface area contributed by atoms with Gasteiger partial charge in [-0.3, -0.25) is 0 Å². The van der Waals surface area contributed by atoms with Crippen LogP contribution in [0.2, 0.25) is 0 Å². The number of thiophene rings is 1. The predicted molar refractivity (Wildman–Crippen MR) is 128 cm³/mol. The van der Waals surface area contributed by atoms with E-state index in [9.17, 15) is 13.2 Å². The number of halogens is 3. The van der Waals surface area contributed by atoms with Gasteiger partial charge >= 0.3 is 6.18 Å². The van der Waals surface area contributed by atoms with Gasteiger partial charge in [-0.25, -0.2) is 0 Å². The summed E-state index contributed by atoms with van der Waals surface area (Å²) in [6.45, 7) is 0. The molecule has 0 N–H and O–H groups in total. The Kier molecular flexibility index (Phi) is 4.45. The van der Waals surface area contributed by atoms with Crippen LogP contribution in [0, 0.1) is 0 Å². The predicted octanol–water partition coefficient (Wildman–Crippen LogP) is 8.35. The highest BCUT2D eigenvalue weighted by molar-refractivity contribution is 7.22. The number of fused-ring (bicyclic) bond motifs is 3. The van der Waals surface area contributed by atoms with Gasteiger partial charge in [0.2, 0.25) is 0 Å². The Morgan fingerprint density at radius 3 is 1.88 bits per heavy atom. The summed E-state index contributed by atoms with van der Waals surface area (Å²) in [7, 11) is 0. The fourth-order valence-electron chi connectivity index (χ4n) is 4.26. The van der Waals surface area contributed by atoms with E-state index in [1.54, 1.807) is 17.4 Å². The highest BCUT2D eigenvalue weighted by atomic mass is 32.1. The Bertz CT molecular complexity index is 1630. The molecule has 2 heterocycles. The Morgan fingerprint density at radius 1 is 0.606 bits per heavy atom. The van der Waals surface area contributed by atoms with E-state index in [1.165, 1.54) is 12.1 Å². The maximum atomic E-state index is 13.8. The molecule has 0 bridgehead atoms. The van der Waals surface area contributed by atoms with Crippen molar-refractivity contribution in [1.82, 2.24) is 10.2 Å². The molecule has 0 unspecified atom stereocenters. The summed E-state index contributed by atoms with van der Waals surface area (Å²) in [5.74, 6) is 0. The fraction of sp³-hybridized carbons (Fsp3) is 0.0370. The van der Waals surface area contributed by atoms with Crippen molar-refractivity contribution in [2.24, 2.45) is 0 Å². The lowest BCUT2D eigenvalue weighted by atomic mass is 9.96. The molecule has 0 radical (unpaired) electrons. The first-order chi connectivity index (χ1) is 16.0. The first-order valence-corrected chi connectivity index (χ1v) is 11.2. The van der Waals surface area contributed by atoms with Crippen LogP contribution in [-0.4, -0.2) is 10.2 Å². The molecule has 2 nitrogen and oxygen atoms in total. The molecule has 0 aliphatic heterocycles. The molecule has 0 saturated carbocycles. The van der Waals surface area contributed by atoms with Gasteiger partial charge in [0.25, 0.3) is 0 Å². The minimum absolute atomic E-state index is 0.0284. The van der Waals surface area contributed by atoms with Crippen LogP contribution in [0.25, 0.3) is 53.5 Å². The first kappa shape index (κ1) is 19.9. The largest absolute Gasteiger partial charge is 0.417 e. The molecule has 2 aromatic heterocycles. The minimum atomic E-state index is -4.49. The minimum Gasteiger partial charge on any atom is -0.166 e. The number of nitrogens with zero attached hydrogens (tertiary/aromatic N) is 2. The fourth-order valence-corrected chi connectivity index (χ4v) is 5.32. The maximum Gasteiger partial charge on any atom is 0.417 e. The average Bonchev–Trinajstić information content (AvgIpc) is 3.25. The molecule has 0 atom stereocenters. The quantitative estimate of drug-likeness (QED) is 0.245. The molecule has 0 saturated heterocycles. The topological polar surface area (TPSA) is 25.8 Å². The normalized spacial score (nSPS) is 12.1. The summed E-state index contributed by atoms with van der Waals surface area (Å²) in [5, 5.41) is 13.3. The van der Waals surface area contributed by atoms with Crippen LogP contribution in [0.15, 0.2) is 91.0 Å². The zero-order valence-electron chi connectivity index (χ0n) is 17.1. The van der Waals surface area contributed by atoms with E-state index in [0.29, 0.717) is 11.1 Å². The van der Waals surface area contributed by atoms with Crippen LogP contribution in [0.5, 0.6) is 0 Å². The lowest BCUT2D eigenvalue weighted by Gasteiger charge is -2.15. The molecule has 6 rings (SSSR count). The van der Waals surface area contributed by atoms with E-state index < -0.39 is 11.7 Å². The van der Waals surface area contributed by atoms with Gasteiger partial charge in [-0.1, -0.05) is 60.7 Å². The maximum absolute atomic E-state index is 13.8. The average molecular weight is 456 g/mol. The van der Waals surface area contributed by atoms with Crippen molar-refractivity contribution in [1.29, 1.82) is 0 Å². The van der Waals surface area contributed by atoms with Gasteiger partial charge < -0.3 is 0 Å². The van der Waals surface area contributed by atoms with E-state index in [-0.39, 0.29) is 11.3 Å². The van der Waals surface area contributed by atoms with Crippen molar-refractivity contribution in [3.05, 3.63) is 96.6 Å². The van der Waals surface area contributed by atoms with Gasteiger partial charge in [0.15, 0.2) is 0 Å². The van der Waals surface area contributed by atoms with E-state index in [0.717, 1.165) is 37.2 Å². The van der Waals surface area contributed by atoms with E-state index in [2.05, 4.69) is 16.3 Å². The zero-order valence-corrected chi connectivity index (χ0v) is 17.9. The third-order valence-electron chi connectivity index (χ3n) is 5.79. The second kappa shape index (κ2) is 7.39. The standard InChI is InChI=1S/C27H15F3N2S/c28-27(29,30)22-11-5-4-10-19(22)25-20-13-16-7-1-2-8-17(16)14-21(20)26(32-31-25)24-15-18-9-3-6-12-23(18)33-24/h1-15H. The van der Waals surface area contributed by atoms with Crippen molar-refractivity contribution in [3.8, 4) is 21.8 Å². The Balaban J connectivity index is 1.70. The van der Waals surface area contributed by atoms with Crippen LogP contribution >= 0.6 is 11.3 Å². The van der Waals surface area contributed by atoms with Crippen LogP contribution in [0.4, 0.5) is 13.2 Å². The SMILES string of the molecule is FC(F)(F)c1ccccc1-c1nnc(-c2cc3ccccc3s2)c2cc3ccccc3cc12. The van der Waals surface area contributed by atoms with Gasteiger partial charge in [0, 0.05) is 21.0 Å². The lowest BCUT2D eigenvalue weighted by molar-refractivity contribution is -0.137. The molecule has 0 aliphatic carbocycles. The number of alkyl halides is 3. The smallest absolute Gasteiger partial charge is 0.166 e. The molecule has 0 fully saturated rings. The zero-order chi connectivity index (χ0) is 22.6. The van der Waals surface area contributed by atoms with Crippen LogP contribution in [0.3, 0.4) is 0 Å². The van der Waals surface area contributed by atoms with Gasteiger partial charge in [0.05, 0.1) is 10.4 Å². The van der Waals surface area contributed by atoms with E-state index in [4.69, 9.17) is 0 Å². The van der Waals surface area contributed by atoms with Gasteiger partial charge in [-0.2, -0.15) is 13.2 Å². The Morgan fingerprint density at radius 2 is 1.18 bits per heavy atom. The number of aromatic nitrogens is 2. The van der Waals surface area contributed by atoms with Crippen molar-refractivity contribution in [3.63, 3.8) is 0 Å². The molecule has 0 amide bonds. The van der Waals surface area contributed by atoms with Crippen LogP contribution in [-0.2, 0) is 6.18 Å². The van der Waals surface area contributed by atoms with Gasteiger partial charge in [0.1, 0.15) is 11.4 Å². The third-order valence-corrected chi connectivity index (χ3v) is 6.92. The van der Waals surface area contributed by atoms with Crippen LogP contribution < -0.4 is 0 Å². The van der Waals surface area contributed by atoms with Crippen molar-refractivity contribution >= 4 is 43.0 Å². The summed E-state index contributed by atoms with van der Waals surface area (Å²) in [5.41, 5.74) is 0.211. The van der Waals surface area contributed by atoms with Crippen LogP contribution in [0.1, 0.15) is 5.56 Å². The third kappa shape index (κ3) is 3.34. The highest BCUT2D eigenvalue weighted by Gasteiger charge is 2.34. The molecule has 0 aliphatic rings. The lowest BCUT2D eigenvalue weighted by Crippen LogP contribution is -2.08. The Hall–Kier alpha value is -3.77. The molecule has 33 heavy (non-hydrogen) atoms. The summed E-state index contributed by atoms with van der Waals surface area (Å²) >= 11 is 1.60. The number of hydrogen-bond donors (Lipinski definition) is 0. The molecule has 6 heteroatoms. The first-order valence-electron chi connectivity index (χ1n) is 10.3. The highest BCUT2D eigenvalue weighted by Crippen LogP contribution is 2.42. The molecular weight excluding hydrogens is 441 g/mol. The molecular formula is C27H15F3N2S. The van der Waals surface area contributed by atoms with E-state index >= 15 is 0 Å². The summed E-state index contributed by atoms with van der Waals surface area (Å²) < 4.78 is 42.5. The van der Waals surface area contributed by atoms with Gasteiger partial charge in [-0.05, 0) is 46.5 Å². The second-order valence-electron chi connectivity index (χ2n) is 7.83. The summed E-state index contributed by atoms with van der Waals surface area (Å²) in [6.07, 6.45) is -4.49. The monoisotopic (exact) mass is 456 g/mol. The molecule has 160 valence electrons. The van der Waals surface area contributed by atoms with Gasteiger partial charge in [-0.15, -0.1) is 21.5 Å². The summed E-state index contributed by atoms with van der Waals surface area (Å²) in [6, 6.07) is 27.4. The number of hydrogen-bond acceptors (Lipinski definition) is 3. The van der Waals surface area contributed by atoms with Crippen molar-refractivity contribution < 1.29 is 13.2 Å². The number of rotatable bonds is 2. The molecule has 0 spiro atoms. The summed E-state index contributed by atoms with van der Waals surface area (Å²) in [4.78, 5) is 0.930.